The largest absolute Gasteiger partial charge is 0.659 e. The minimum absolute atomic E-state index is 0.0700. The first-order valence-electron chi connectivity index (χ1n) is 23.3. The molecular formula is C63H43N4-. The summed E-state index contributed by atoms with van der Waals surface area (Å²) in [6.45, 7) is 4.67. The molecule has 0 saturated heterocycles. The second kappa shape index (κ2) is 14.3. The van der Waals surface area contributed by atoms with Crippen LogP contribution < -0.4 is 0 Å². The van der Waals surface area contributed by atoms with Crippen molar-refractivity contribution in [3.05, 3.63) is 252 Å². The molecule has 1 aliphatic carbocycles. The highest BCUT2D eigenvalue weighted by atomic mass is 15.1. The van der Waals surface area contributed by atoms with Gasteiger partial charge in [-0.15, -0.1) is 5.69 Å². The first-order valence-corrected chi connectivity index (χ1v) is 23.3. The number of hydrogen-bond acceptors (Lipinski definition) is 1. The van der Waals surface area contributed by atoms with E-state index < -0.39 is 6.17 Å². The molecule has 0 amide bonds. The lowest BCUT2D eigenvalue weighted by atomic mass is 9.82. The maximum atomic E-state index is 5.58. The molecule has 12 aromatic rings. The number of nitrogens with zero attached hydrogens (tertiary/aromatic N) is 4. The monoisotopic (exact) mass is 855 g/mol. The van der Waals surface area contributed by atoms with Gasteiger partial charge >= 0.3 is 0 Å². The maximum absolute atomic E-state index is 5.58. The Hall–Kier alpha value is -8.47. The summed E-state index contributed by atoms with van der Waals surface area (Å²) in [6, 6.07) is 79.8. The van der Waals surface area contributed by atoms with E-state index in [9.17, 15) is 0 Å². The number of benzene rings is 10. The number of fused-ring (bicyclic) bond motifs is 12. The Morgan fingerprint density at radius 1 is 0.403 bits per heavy atom. The van der Waals surface area contributed by atoms with Gasteiger partial charge in [0, 0.05) is 50.1 Å². The van der Waals surface area contributed by atoms with E-state index >= 15 is 0 Å². The zero-order valence-corrected chi connectivity index (χ0v) is 37.2. The Labute approximate surface area is 388 Å². The second-order valence-electron chi connectivity index (χ2n) is 18.7. The van der Waals surface area contributed by atoms with E-state index in [0.717, 1.165) is 55.9 Å². The van der Waals surface area contributed by atoms with Gasteiger partial charge < -0.3 is 14.5 Å². The van der Waals surface area contributed by atoms with Crippen LogP contribution in [0.15, 0.2) is 223 Å². The van der Waals surface area contributed by atoms with E-state index in [2.05, 4.69) is 241 Å². The molecule has 1 aliphatic heterocycles. The van der Waals surface area contributed by atoms with Crippen molar-refractivity contribution in [3.63, 3.8) is 0 Å². The summed E-state index contributed by atoms with van der Waals surface area (Å²) in [7, 11) is 0. The van der Waals surface area contributed by atoms with Crippen molar-refractivity contribution in [2.75, 3.05) is 0 Å². The van der Waals surface area contributed by atoms with Crippen molar-refractivity contribution in [1.29, 1.82) is 0 Å². The highest BCUT2D eigenvalue weighted by Crippen LogP contribution is 2.51. The molecule has 2 aromatic heterocycles. The molecule has 0 radical (unpaired) electrons. The van der Waals surface area contributed by atoms with Gasteiger partial charge in [0.2, 0.25) is 0 Å². The molecule has 4 heteroatoms. The van der Waals surface area contributed by atoms with Gasteiger partial charge in [-0.2, -0.15) is 0 Å². The molecule has 316 valence electrons. The van der Waals surface area contributed by atoms with Crippen LogP contribution in [0, 0.1) is 0 Å². The third-order valence-electron chi connectivity index (χ3n) is 14.6. The molecule has 3 heterocycles. The van der Waals surface area contributed by atoms with Crippen LogP contribution in [-0.4, -0.2) is 14.8 Å². The minimum atomic E-state index is -0.437. The van der Waals surface area contributed by atoms with E-state index in [1.807, 2.05) is 0 Å². The van der Waals surface area contributed by atoms with Gasteiger partial charge in [0.05, 0.1) is 27.8 Å². The summed E-state index contributed by atoms with van der Waals surface area (Å²) < 4.78 is 4.78. The lowest BCUT2D eigenvalue weighted by Gasteiger charge is -2.39. The summed E-state index contributed by atoms with van der Waals surface area (Å²) in [6.07, 6.45) is -0.437. The van der Waals surface area contributed by atoms with Crippen LogP contribution in [0.2, 0.25) is 0 Å². The number of para-hydroxylation sites is 3. The van der Waals surface area contributed by atoms with Gasteiger partial charge in [0.15, 0.2) is 0 Å². The fourth-order valence-corrected chi connectivity index (χ4v) is 11.4. The molecule has 0 bridgehead atoms. The van der Waals surface area contributed by atoms with Gasteiger partial charge in [-0.25, -0.2) is 0 Å². The van der Waals surface area contributed by atoms with E-state index in [1.165, 1.54) is 71.3 Å². The molecule has 0 spiro atoms. The third-order valence-corrected chi connectivity index (χ3v) is 14.6. The summed E-state index contributed by atoms with van der Waals surface area (Å²) >= 11 is 0. The third kappa shape index (κ3) is 5.63. The van der Waals surface area contributed by atoms with Crippen LogP contribution in [0.1, 0.15) is 47.8 Å². The molecule has 1 atom stereocenters. The van der Waals surface area contributed by atoms with E-state index in [1.54, 1.807) is 0 Å². The Morgan fingerprint density at radius 2 is 0.985 bits per heavy atom. The molecule has 10 aromatic carbocycles. The molecular weight excluding hydrogens is 813 g/mol. The first-order chi connectivity index (χ1) is 33.0. The van der Waals surface area contributed by atoms with E-state index in [-0.39, 0.29) is 5.41 Å². The summed E-state index contributed by atoms with van der Waals surface area (Å²) in [5, 5.41) is 12.7. The lowest BCUT2D eigenvalue weighted by Crippen LogP contribution is -2.16. The quantitative estimate of drug-likeness (QED) is 0.165. The van der Waals surface area contributed by atoms with Gasteiger partial charge in [-0.3, -0.25) is 4.99 Å². The van der Waals surface area contributed by atoms with Crippen molar-refractivity contribution < 1.29 is 0 Å². The lowest BCUT2D eigenvalue weighted by molar-refractivity contribution is 0.660. The Kier molecular flexibility index (Phi) is 8.06. The zero-order valence-electron chi connectivity index (χ0n) is 37.2. The van der Waals surface area contributed by atoms with Crippen LogP contribution in [-0.2, 0) is 5.41 Å². The maximum Gasteiger partial charge on any atom is 0.0695 e. The number of aliphatic imine (C=N–C) groups is 1. The van der Waals surface area contributed by atoms with Crippen molar-refractivity contribution >= 4 is 65.8 Å². The first kappa shape index (κ1) is 37.9. The molecule has 2 aliphatic rings. The SMILES string of the molecule is CC1(C)c2ccccc2-c2cc(C3=NC(c4cccc(-n5c6ccccc6c6cc(-c7ccc8c(c7)c7ccccc7n8-c7ccccc7)ccc65)c4)[N-]c4c3ccc3ccccc43)ccc21. The number of rotatable bonds is 5. The van der Waals surface area contributed by atoms with Gasteiger partial charge in [0.1, 0.15) is 0 Å². The fraction of sp³-hybridized carbons (Fsp3) is 0.0635. The average molecular weight is 856 g/mol. The normalized spacial score (nSPS) is 14.9. The number of aromatic nitrogens is 2. The Bertz CT molecular complexity index is 4050. The fourth-order valence-electron chi connectivity index (χ4n) is 11.4. The zero-order chi connectivity index (χ0) is 44.4. The summed E-state index contributed by atoms with van der Waals surface area (Å²) in [4.78, 5) is 5.58. The van der Waals surface area contributed by atoms with Crippen LogP contribution in [0.25, 0.3) is 93.3 Å². The van der Waals surface area contributed by atoms with Crippen molar-refractivity contribution in [3.8, 4) is 33.6 Å². The van der Waals surface area contributed by atoms with E-state index in [4.69, 9.17) is 10.3 Å². The predicted molar refractivity (Wildman–Crippen MR) is 280 cm³/mol. The topological polar surface area (TPSA) is 36.3 Å². The Morgan fingerprint density at radius 3 is 1.73 bits per heavy atom. The van der Waals surface area contributed by atoms with Crippen molar-refractivity contribution in [1.82, 2.24) is 9.13 Å². The van der Waals surface area contributed by atoms with Crippen LogP contribution in [0.4, 0.5) is 5.69 Å². The molecule has 4 nitrogen and oxygen atoms in total. The van der Waals surface area contributed by atoms with Gasteiger partial charge in [-0.1, -0.05) is 166 Å². The highest BCUT2D eigenvalue weighted by molar-refractivity contribution is 6.21. The Balaban J connectivity index is 0.893. The molecule has 14 rings (SSSR count). The van der Waals surface area contributed by atoms with Crippen molar-refractivity contribution in [2.24, 2.45) is 4.99 Å². The standard InChI is InChI=1S/C63H43N4/c1-63(2)54-24-11-8-21-47(54)51-38-42(28-32-55(51)63)60-50-31-27-39-15-6-7-20-46(39)61(50)65-62(64-60)43-16-14-19-45(35-43)67-57-26-13-10-23-49(57)53-37-41(30-34-59(53)67)40-29-33-58-52(36-40)48-22-9-12-25-56(48)66(58)44-17-4-3-5-18-44/h3-38,62H,1-2H3/q-1. The van der Waals surface area contributed by atoms with Crippen LogP contribution in [0.3, 0.4) is 0 Å². The molecule has 0 N–H and O–H groups in total. The minimum Gasteiger partial charge on any atom is -0.659 e. The molecule has 0 saturated carbocycles. The predicted octanol–water partition coefficient (Wildman–Crippen LogP) is 16.6. The number of hydrogen-bond donors (Lipinski definition) is 0. The van der Waals surface area contributed by atoms with Crippen LogP contribution >= 0.6 is 0 Å². The van der Waals surface area contributed by atoms with Crippen molar-refractivity contribution in [2.45, 2.75) is 25.4 Å². The molecule has 0 fully saturated rings. The summed E-state index contributed by atoms with van der Waals surface area (Å²) in [5.74, 6) is 0. The van der Waals surface area contributed by atoms with Gasteiger partial charge in [-0.05, 0) is 122 Å². The molecule has 1 unspecified atom stereocenters. The van der Waals surface area contributed by atoms with Crippen LogP contribution in [0.5, 0.6) is 0 Å². The van der Waals surface area contributed by atoms with Gasteiger partial charge in [0.25, 0.3) is 0 Å². The molecule has 67 heavy (non-hydrogen) atoms. The van der Waals surface area contributed by atoms with E-state index in [0.29, 0.717) is 0 Å². The summed E-state index contributed by atoms with van der Waals surface area (Å²) in [5.41, 5.74) is 19.8. The highest BCUT2D eigenvalue weighted by Gasteiger charge is 2.35. The second-order valence-corrected chi connectivity index (χ2v) is 18.7. The smallest absolute Gasteiger partial charge is 0.0695 e. The average Bonchev–Trinajstić information content (AvgIpc) is 3.98.